The molecule has 1 aliphatic rings. The number of aromatic nitrogens is 2. The van der Waals surface area contributed by atoms with Crippen LogP contribution in [0.2, 0.25) is 0 Å². The molecule has 0 spiro atoms. The number of carbonyl (C=O) groups is 1. The van der Waals surface area contributed by atoms with E-state index in [1.165, 1.54) is 23.9 Å². The van der Waals surface area contributed by atoms with Crippen LogP contribution in [0.4, 0.5) is 0 Å². The van der Waals surface area contributed by atoms with E-state index < -0.39 is 5.69 Å². The fourth-order valence-electron chi connectivity index (χ4n) is 2.18. The molecule has 8 heteroatoms. The molecule has 0 aromatic carbocycles. The van der Waals surface area contributed by atoms with Crippen molar-refractivity contribution < 1.29 is 4.79 Å². The van der Waals surface area contributed by atoms with E-state index in [2.05, 4.69) is 5.32 Å². The Morgan fingerprint density at radius 3 is 2.80 bits per heavy atom. The van der Waals surface area contributed by atoms with Crippen LogP contribution in [0.1, 0.15) is 6.92 Å². The van der Waals surface area contributed by atoms with Gasteiger partial charge in [-0.1, -0.05) is 0 Å². The van der Waals surface area contributed by atoms with Crippen LogP contribution in [0.3, 0.4) is 0 Å². The number of piperazine rings is 1. The van der Waals surface area contributed by atoms with Gasteiger partial charge < -0.3 is 10.2 Å². The SMILES string of the molecule is CC1CNCCN1C(=O)Cn1ccc(=O)n(C)c1=O.Cl. The lowest BCUT2D eigenvalue weighted by atomic mass is 10.2. The Kier molecular flexibility index (Phi) is 5.52. The van der Waals surface area contributed by atoms with Gasteiger partial charge in [0.2, 0.25) is 5.91 Å². The Hall–Kier alpha value is -1.60. The summed E-state index contributed by atoms with van der Waals surface area (Å²) in [5.74, 6) is -0.102. The minimum absolute atomic E-state index is 0. The smallest absolute Gasteiger partial charge is 0.331 e. The summed E-state index contributed by atoms with van der Waals surface area (Å²) in [6, 6.07) is 1.40. The summed E-state index contributed by atoms with van der Waals surface area (Å²) < 4.78 is 2.26. The molecule has 1 saturated heterocycles. The van der Waals surface area contributed by atoms with Gasteiger partial charge in [0.05, 0.1) is 0 Å². The van der Waals surface area contributed by atoms with Gasteiger partial charge in [-0.15, -0.1) is 12.4 Å². The highest BCUT2D eigenvalue weighted by Crippen LogP contribution is 2.03. The van der Waals surface area contributed by atoms with Crippen molar-refractivity contribution >= 4 is 18.3 Å². The first-order valence-corrected chi connectivity index (χ1v) is 6.27. The zero-order valence-corrected chi connectivity index (χ0v) is 12.4. The molecule has 1 aromatic rings. The summed E-state index contributed by atoms with van der Waals surface area (Å²) in [6.45, 7) is 4.09. The highest BCUT2D eigenvalue weighted by Gasteiger charge is 2.23. The van der Waals surface area contributed by atoms with Crippen molar-refractivity contribution in [1.29, 1.82) is 0 Å². The molecule has 1 aromatic heterocycles. The number of rotatable bonds is 2. The molecule has 0 saturated carbocycles. The number of nitrogens with one attached hydrogen (secondary N) is 1. The molecule has 1 fully saturated rings. The molecule has 0 aliphatic carbocycles. The van der Waals surface area contributed by atoms with Crippen molar-refractivity contribution in [1.82, 2.24) is 19.4 Å². The van der Waals surface area contributed by atoms with Crippen LogP contribution in [-0.4, -0.2) is 45.6 Å². The van der Waals surface area contributed by atoms with Crippen LogP contribution in [0.5, 0.6) is 0 Å². The van der Waals surface area contributed by atoms with Gasteiger partial charge in [0.25, 0.3) is 5.56 Å². The monoisotopic (exact) mass is 302 g/mol. The highest BCUT2D eigenvalue weighted by atomic mass is 35.5. The van der Waals surface area contributed by atoms with Crippen LogP contribution in [-0.2, 0) is 18.4 Å². The maximum absolute atomic E-state index is 12.2. The molecule has 112 valence electrons. The van der Waals surface area contributed by atoms with Gasteiger partial charge in [-0.05, 0) is 6.92 Å². The van der Waals surface area contributed by atoms with E-state index in [0.29, 0.717) is 6.54 Å². The van der Waals surface area contributed by atoms with Crippen molar-refractivity contribution in [3.63, 3.8) is 0 Å². The molecule has 1 amide bonds. The molecule has 1 atom stereocenters. The predicted octanol–water partition coefficient (Wildman–Crippen LogP) is -1.21. The van der Waals surface area contributed by atoms with Crippen molar-refractivity contribution in [2.75, 3.05) is 19.6 Å². The van der Waals surface area contributed by atoms with Gasteiger partial charge in [0.1, 0.15) is 6.54 Å². The minimum atomic E-state index is -0.469. The second kappa shape index (κ2) is 6.71. The van der Waals surface area contributed by atoms with Crippen LogP contribution in [0.15, 0.2) is 21.9 Å². The first kappa shape index (κ1) is 16.5. The molecule has 1 N–H and O–H groups in total. The summed E-state index contributed by atoms with van der Waals surface area (Å²) in [7, 11) is 1.40. The zero-order chi connectivity index (χ0) is 14.0. The van der Waals surface area contributed by atoms with E-state index in [1.807, 2.05) is 6.92 Å². The van der Waals surface area contributed by atoms with Gasteiger partial charge in [-0.3, -0.25) is 18.7 Å². The predicted molar refractivity (Wildman–Crippen MR) is 77.2 cm³/mol. The van der Waals surface area contributed by atoms with E-state index in [-0.39, 0.29) is 36.5 Å². The van der Waals surface area contributed by atoms with Crippen LogP contribution in [0.25, 0.3) is 0 Å². The number of halogens is 1. The van der Waals surface area contributed by atoms with Gasteiger partial charge in [0.15, 0.2) is 0 Å². The second-order valence-electron chi connectivity index (χ2n) is 4.76. The van der Waals surface area contributed by atoms with E-state index in [1.54, 1.807) is 4.90 Å². The summed E-state index contributed by atoms with van der Waals surface area (Å²) in [4.78, 5) is 37.0. The van der Waals surface area contributed by atoms with Gasteiger partial charge >= 0.3 is 5.69 Å². The number of carbonyl (C=O) groups excluding carboxylic acids is 1. The lowest BCUT2D eigenvalue weighted by molar-refractivity contribution is -0.134. The molecule has 2 rings (SSSR count). The van der Waals surface area contributed by atoms with Crippen molar-refractivity contribution in [3.8, 4) is 0 Å². The number of hydrogen-bond acceptors (Lipinski definition) is 4. The normalized spacial score (nSPS) is 18.5. The van der Waals surface area contributed by atoms with E-state index >= 15 is 0 Å². The largest absolute Gasteiger partial charge is 0.336 e. The summed E-state index contributed by atoms with van der Waals surface area (Å²) >= 11 is 0. The zero-order valence-electron chi connectivity index (χ0n) is 11.5. The van der Waals surface area contributed by atoms with Crippen molar-refractivity contribution in [2.45, 2.75) is 19.5 Å². The maximum atomic E-state index is 12.2. The summed E-state index contributed by atoms with van der Waals surface area (Å²) in [6.07, 6.45) is 1.37. The first-order valence-electron chi connectivity index (χ1n) is 6.27. The Morgan fingerprint density at radius 1 is 1.45 bits per heavy atom. The topological polar surface area (TPSA) is 76.3 Å². The lowest BCUT2D eigenvalue weighted by Gasteiger charge is -2.34. The lowest BCUT2D eigenvalue weighted by Crippen LogP contribution is -2.53. The van der Waals surface area contributed by atoms with Crippen LogP contribution >= 0.6 is 12.4 Å². The molecule has 0 radical (unpaired) electrons. The van der Waals surface area contributed by atoms with Gasteiger partial charge in [-0.25, -0.2) is 4.79 Å². The highest BCUT2D eigenvalue weighted by molar-refractivity contribution is 5.85. The Morgan fingerprint density at radius 2 is 2.15 bits per heavy atom. The number of nitrogens with zero attached hydrogens (tertiary/aromatic N) is 3. The molecular weight excluding hydrogens is 284 g/mol. The van der Waals surface area contributed by atoms with Gasteiger partial charge in [-0.2, -0.15) is 0 Å². The van der Waals surface area contributed by atoms with E-state index in [0.717, 1.165) is 17.7 Å². The average molecular weight is 303 g/mol. The molecule has 0 bridgehead atoms. The molecule has 1 unspecified atom stereocenters. The number of hydrogen-bond donors (Lipinski definition) is 1. The third kappa shape index (κ3) is 3.29. The van der Waals surface area contributed by atoms with Crippen LogP contribution < -0.4 is 16.6 Å². The van der Waals surface area contributed by atoms with E-state index in [4.69, 9.17) is 0 Å². The van der Waals surface area contributed by atoms with Gasteiger partial charge in [0, 0.05) is 45.0 Å². The van der Waals surface area contributed by atoms with E-state index in [9.17, 15) is 14.4 Å². The third-order valence-corrected chi connectivity index (χ3v) is 3.39. The average Bonchev–Trinajstić information content (AvgIpc) is 2.40. The Balaban J connectivity index is 0.00000200. The summed E-state index contributed by atoms with van der Waals surface area (Å²) in [5.41, 5.74) is -0.840. The fourth-order valence-corrected chi connectivity index (χ4v) is 2.18. The quantitative estimate of drug-likeness (QED) is 0.744. The Bertz CT molecular complexity index is 595. The fraction of sp³-hybridized carbons (Fsp3) is 0.583. The first-order chi connectivity index (χ1) is 9.00. The van der Waals surface area contributed by atoms with Crippen LogP contribution in [0, 0.1) is 0 Å². The molecule has 1 aliphatic heterocycles. The molecular formula is C12H19ClN4O3. The Labute approximate surface area is 122 Å². The maximum Gasteiger partial charge on any atom is 0.331 e. The molecule has 7 nitrogen and oxygen atoms in total. The standard InChI is InChI=1S/C12H18N4O3.ClH/c1-9-7-13-4-6-16(9)11(18)8-15-5-3-10(17)14(2)12(15)19;/h3,5,9,13H,4,6-8H2,1-2H3;1H. The van der Waals surface area contributed by atoms with Crippen molar-refractivity contribution in [2.24, 2.45) is 7.05 Å². The summed E-state index contributed by atoms with van der Waals surface area (Å²) in [5, 5.41) is 3.20. The van der Waals surface area contributed by atoms with Crippen molar-refractivity contribution in [3.05, 3.63) is 33.1 Å². The minimum Gasteiger partial charge on any atom is -0.336 e. The third-order valence-electron chi connectivity index (χ3n) is 3.39. The second-order valence-corrected chi connectivity index (χ2v) is 4.76. The molecule has 2 heterocycles. The number of amides is 1. The molecule has 20 heavy (non-hydrogen) atoms.